The van der Waals surface area contributed by atoms with Crippen molar-refractivity contribution in [2.45, 2.75) is 12.5 Å². The highest BCUT2D eigenvalue weighted by Crippen LogP contribution is 2.37. The highest BCUT2D eigenvalue weighted by molar-refractivity contribution is 5.94. The summed E-state index contributed by atoms with van der Waals surface area (Å²) in [6, 6.07) is 24.3. The van der Waals surface area contributed by atoms with Gasteiger partial charge in [-0.05, 0) is 54.4 Å². The van der Waals surface area contributed by atoms with Gasteiger partial charge in [-0.25, -0.2) is 0 Å². The van der Waals surface area contributed by atoms with Gasteiger partial charge in [0.25, 0.3) is 0 Å². The van der Waals surface area contributed by atoms with Gasteiger partial charge in [-0.3, -0.25) is 4.79 Å². The van der Waals surface area contributed by atoms with Gasteiger partial charge in [0.2, 0.25) is 5.91 Å². The third-order valence-electron chi connectivity index (χ3n) is 6.74. The van der Waals surface area contributed by atoms with Crippen LogP contribution in [0.1, 0.15) is 5.56 Å². The van der Waals surface area contributed by atoms with Gasteiger partial charge in [0, 0.05) is 42.8 Å². The quantitative estimate of drug-likeness (QED) is 0.640. The van der Waals surface area contributed by atoms with E-state index in [4.69, 9.17) is 9.47 Å². The van der Waals surface area contributed by atoms with Crippen molar-refractivity contribution in [3.63, 3.8) is 0 Å². The molecule has 2 aliphatic rings. The number of hydrogen-bond donors (Lipinski definition) is 1. The summed E-state index contributed by atoms with van der Waals surface area (Å²) < 4.78 is 10.6. The highest BCUT2D eigenvalue weighted by Gasteiger charge is 2.41. The molecule has 6 nitrogen and oxygen atoms in total. The minimum Gasteiger partial charge on any atom is -0.497 e. The van der Waals surface area contributed by atoms with Crippen LogP contribution < -0.4 is 24.6 Å². The molecule has 0 saturated carbocycles. The summed E-state index contributed by atoms with van der Waals surface area (Å²) in [4.78, 5) is 18.3. The molecule has 0 aromatic heterocycles. The monoisotopic (exact) mass is 443 g/mol. The van der Waals surface area contributed by atoms with Crippen LogP contribution in [-0.2, 0) is 11.2 Å². The average molecular weight is 444 g/mol. The topological polar surface area (TPSA) is 54.0 Å². The van der Waals surface area contributed by atoms with Crippen LogP contribution in [0.2, 0.25) is 0 Å². The molecule has 2 heterocycles. The lowest BCUT2D eigenvalue weighted by molar-refractivity contribution is -0.120. The van der Waals surface area contributed by atoms with E-state index in [9.17, 15) is 4.79 Å². The maximum atomic E-state index is 13.5. The van der Waals surface area contributed by atoms with Crippen LogP contribution in [0.5, 0.6) is 11.5 Å². The minimum absolute atomic E-state index is 0.0457. The van der Waals surface area contributed by atoms with Gasteiger partial charge in [0.1, 0.15) is 11.5 Å². The number of nitrogens with one attached hydrogen (secondary N) is 1. The van der Waals surface area contributed by atoms with Crippen LogP contribution in [-0.4, -0.2) is 45.8 Å². The molecule has 1 amide bonds. The molecule has 2 atom stereocenters. The zero-order chi connectivity index (χ0) is 22.8. The van der Waals surface area contributed by atoms with Gasteiger partial charge in [-0.15, -0.1) is 0 Å². The molecule has 0 spiro atoms. The lowest BCUT2D eigenvalue weighted by atomic mass is 9.83. The summed E-state index contributed by atoms with van der Waals surface area (Å²) in [5, 5.41) is 3.14. The van der Waals surface area contributed by atoms with E-state index < -0.39 is 0 Å². The van der Waals surface area contributed by atoms with Crippen LogP contribution in [0, 0.1) is 5.92 Å². The molecular formula is C27H29N3O3. The summed E-state index contributed by atoms with van der Waals surface area (Å²) in [5.74, 6) is 1.46. The zero-order valence-corrected chi connectivity index (χ0v) is 19.0. The number of carbonyl (C=O) groups excluding carboxylic acids is 1. The van der Waals surface area contributed by atoms with Crippen molar-refractivity contribution in [2.75, 3.05) is 49.0 Å². The molecule has 6 heteroatoms. The van der Waals surface area contributed by atoms with E-state index in [-0.39, 0.29) is 17.9 Å². The third-order valence-corrected chi connectivity index (χ3v) is 6.74. The van der Waals surface area contributed by atoms with Crippen molar-refractivity contribution in [1.82, 2.24) is 0 Å². The molecule has 1 fully saturated rings. The Balaban J connectivity index is 1.42. The second kappa shape index (κ2) is 9.06. The molecule has 33 heavy (non-hydrogen) atoms. The number of fused-ring (bicyclic) bond motifs is 3. The Bertz CT molecular complexity index is 1130. The maximum absolute atomic E-state index is 13.5. The Kier molecular flexibility index (Phi) is 5.82. The SMILES string of the molecule is COc1ccc(N2CCN3c4ccccc4C[C@H](C(=O)Nc4cccc(OC)c4)[C@@H]3C2)cc1. The maximum Gasteiger partial charge on any atom is 0.229 e. The van der Waals surface area contributed by atoms with E-state index in [0.717, 1.165) is 48.9 Å². The number of benzene rings is 3. The lowest BCUT2D eigenvalue weighted by Gasteiger charge is -2.49. The van der Waals surface area contributed by atoms with Gasteiger partial charge in [0.05, 0.1) is 26.2 Å². The van der Waals surface area contributed by atoms with Crippen LogP contribution in [0.4, 0.5) is 17.1 Å². The van der Waals surface area contributed by atoms with E-state index in [1.165, 1.54) is 11.3 Å². The van der Waals surface area contributed by atoms with Crippen molar-refractivity contribution in [1.29, 1.82) is 0 Å². The normalized spacial score (nSPS) is 19.3. The van der Waals surface area contributed by atoms with E-state index >= 15 is 0 Å². The first kappa shape index (κ1) is 21.2. The van der Waals surface area contributed by atoms with Crippen LogP contribution >= 0.6 is 0 Å². The van der Waals surface area contributed by atoms with Gasteiger partial charge in [-0.1, -0.05) is 24.3 Å². The van der Waals surface area contributed by atoms with Gasteiger partial charge < -0.3 is 24.6 Å². The van der Waals surface area contributed by atoms with E-state index in [2.05, 4.69) is 51.5 Å². The molecule has 170 valence electrons. The number of ether oxygens (including phenoxy) is 2. The Labute approximate surface area is 194 Å². The second-order valence-corrected chi connectivity index (χ2v) is 8.57. The molecular weight excluding hydrogens is 414 g/mol. The molecule has 3 aromatic rings. The number of piperazine rings is 1. The predicted molar refractivity (Wildman–Crippen MR) is 132 cm³/mol. The zero-order valence-electron chi connectivity index (χ0n) is 19.0. The number of amides is 1. The molecule has 2 aliphatic heterocycles. The summed E-state index contributed by atoms with van der Waals surface area (Å²) >= 11 is 0. The Hall–Kier alpha value is -3.67. The van der Waals surface area contributed by atoms with Crippen molar-refractivity contribution >= 4 is 23.0 Å². The fourth-order valence-electron chi connectivity index (χ4n) is 5.02. The Morgan fingerprint density at radius 2 is 1.70 bits per heavy atom. The summed E-state index contributed by atoms with van der Waals surface area (Å²) in [7, 11) is 3.31. The summed E-state index contributed by atoms with van der Waals surface area (Å²) in [6.07, 6.45) is 0.726. The number of rotatable bonds is 5. The molecule has 1 saturated heterocycles. The Morgan fingerprint density at radius 1 is 0.909 bits per heavy atom. The molecule has 0 aliphatic carbocycles. The number of anilines is 3. The minimum atomic E-state index is -0.160. The number of para-hydroxylation sites is 1. The number of methoxy groups -OCH3 is 2. The van der Waals surface area contributed by atoms with E-state index in [0.29, 0.717) is 0 Å². The molecule has 1 N–H and O–H groups in total. The van der Waals surface area contributed by atoms with Gasteiger partial charge in [-0.2, -0.15) is 0 Å². The summed E-state index contributed by atoms with van der Waals surface area (Å²) in [6.45, 7) is 2.56. The first-order valence-electron chi connectivity index (χ1n) is 11.3. The third kappa shape index (κ3) is 4.21. The number of nitrogens with zero attached hydrogens (tertiary/aromatic N) is 2. The van der Waals surface area contributed by atoms with E-state index in [1.54, 1.807) is 14.2 Å². The molecule has 0 bridgehead atoms. The summed E-state index contributed by atoms with van der Waals surface area (Å²) in [5.41, 5.74) is 4.40. The number of carbonyl (C=O) groups is 1. The number of hydrogen-bond acceptors (Lipinski definition) is 5. The highest BCUT2D eigenvalue weighted by atomic mass is 16.5. The fourth-order valence-corrected chi connectivity index (χ4v) is 5.02. The fraction of sp³-hybridized carbons (Fsp3) is 0.296. The molecule has 5 rings (SSSR count). The lowest BCUT2D eigenvalue weighted by Crippen LogP contribution is -2.60. The van der Waals surface area contributed by atoms with Crippen LogP contribution in [0.3, 0.4) is 0 Å². The van der Waals surface area contributed by atoms with Crippen LogP contribution in [0.25, 0.3) is 0 Å². The van der Waals surface area contributed by atoms with Crippen LogP contribution in [0.15, 0.2) is 72.8 Å². The smallest absolute Gasteiger partial charge is 0.229 e. The molecule has 3 aromatic carbocycles. The van der Waals surface area contributed by atoms with Crippen molar-refractivity contribution < 1.29 is 14.3 Å². The van der Waals surface area contributed by atoms with Gasteiger partial charge in [0.15, 0.2) is 0 Å². The van der Waals surface area contributed by atoms with Crippen molar-refractivity contribution in [2.24, 2.45) is 5.92 Å². The Morgan fingerprint density at radius 3 is 2.48 bits per heavy atom. The first-order valence-corrected chi connectivity index (χ1v) is 11.3. The molecule has 0 radical (unpaired) electrons. The molecule has 0 unspecified atom stereocenters. The van der Waals surface area contributed by atoms with Crippen molar-refractivity contribution in [3.05, 3.63) is 78.4 Å². The first-order chi connectivity index (χ1) is 16.2. The predicted octanol–water partition coefficient (Wildman–Crippen LogP) is 4.21. The largest absolute Gasteiger partial charge is 0.497 e. The second-order valence-electron chi connectivity index (χ2n) is 8.57. The standard InChI is InChI=1S/C27H29N3O3/c1-32-22-12-10-21(11-13-22)29-14-15-30-25-9-4-3-6-19(25)16-24(26(30)18-29)27(31)28-20-7-5-8-23(17-20)33-2/h3-13,17,24,26H,14-16,18H2,1-2H3,(H,28,31)/t24-,26-/m0/s1. The van der Waals surface area contributed by atoms with Gasteiger partial charge >= 0.3 is 0 Å². The van der Waals surface area contributed by atoms with E-state index in [1.807, 2.05) is 36.4 Å². The van der Waals surface area contributed by atoms with Crippen molar-refractivity contribution in [3.8, 4) is 11.5 Å². The average Bonchev–Trinajstić information content (AvgIpc) is 2.88.